The number of likely N-dealkylation sites (N-methyl/N-ethyl adjacent to an activating group) is 1. The van der Waals surface area contributed by atoms with Crippen LogP contribution in [0.25, 0.3) is 0 Å². The molecule has 2 bridgehead atoms. The summed E-state index contributed by atoms with van der Waals surface area (Å²) in [5, 5.41) is 9.90. The van der Waals surface area contributed by atoms with Crippen LogP contribution < -0.4 is 0 Å². The highest BCUT2D eigenvalue weighted by Crippen LogP contribution is 2.60. The minimum atomic E-state index is -1.27. The first-order valence-corrected chi connectivity index (χ1v) is 16.1. The Morgan fingerprint density at radius 3 is 2.48 bits per heavy atom. The van der Waals surface area contributed by atoms with Gasteiger partial charge in [0.25, 0.3) is 0 Å². The smallest absolute Gasteiger partial charge is 0.313 e. The monoisotopic (exact) mass is 673 g/mol. The minimum absolute atomic E-state index is 0.0719. The third-order valence-electron chi connectivity index (χ3n) is 9.24. The number of carbonyl (C=O) groups excluding carboxylic acids is 4. The van der Waals surface area contributed by atoms with Gasteiger partial charge in [-0.15, -0.1) is 13.2 Å². The van der Waals surface area contributed by atoms with E-state index in [0.29, 0.717) is 18.4 Å². The maximum absolute atomic E-state index is 14.2. The van der Waals surface area contributed by atoms with Gasteiger partial charge in [-0.3, -0.25) is 19.2 Å². The zero-order valence-corrected chi connectivity index (χ0v) is 27.5. The number of aliphatic hydroxyl groups excluding tert-OH is 1. The summed E-state index contributed by atoms with van der Waals surface area (Å²) in [6, 6.07) is 7.47. The number of rotatable bonds is 14. The molecule has 10 nitrogen and oxygen atoms in total. The number of esters is 1. The lowest BCUT2D eigenvalue weighted by atomic mass is 9.70. The molecular weight excluding hydrogens is 630 g/mol. The van der Waals surface area contributed by atoms with Crippen molar-refractivity contribution >= 4 is 39.6 Å². The van der Waals surface area contributed by atoms with Crippen molar-refractivity contribution in [2.24, 2.45) is 11.8 Å². The molecule has 11 heteroatoms. The Bertz CT molecular complexity index is 1260. The SMILES string of the molecule is C=CCCC(=O)N(C)[C@@H](C)[C@@H](OC(=O)[C@H]1[C@@H]2O[C@@]3(CC2Br)[C@@H]1C(=O)N(CCO)[C@@H]3C(=O)N(CC=C)C(C)C)c1ccccc1. The van der Waals surface area contributed by atoms with Crippen molar-refractivity contribution in [2.75, 3.05) is 26.7 Å². The van der Waals surface area contributed by atoms with E-state index in [-0.39, 0.29) is 48.8 Å². The first-order chi connectivity index (χ1) is 20.9. The number of hydrogen-bond donors (Lipinski definition) is 1. The third-order valence-corrected chi connectivity index (χ3v) is 10.1. The predicted octanol–water partition coefficient (Wildman–Crippen LogP) is 3.25. The van der Waals surface area contributed by atoms with Gasteiger partial charge in [0.05, 0.1) is 30.6 Å². The number of halogens is 1. The van der Waals surface area contributed by atoms with Crippen molar-refractivity contribution in [1.82, 2.24) is 14.7 Å². The molecule has 8 atom stereocenters. The van der Waals surface area contributed by atoms with Gasteiger partial charge in [0.1, 0.15) is 17.7 Å². The van der Waals surface area contributed by atoms with E-state index in [4.69, 9.17) is 9.47 Å². The maximum Gasteiger partial charge on any atom is 0.313 e. The van der Waals surface area contributed by atoms with Crippen LogP contribution in [-0.2, 0) is 28.7 Å². The van der Waals surface area contributed by atoms with E-state index in [1.165, 1.54) is 4.90 Å². The van der Waals surface area contributed by atoms with E-state index in [0.717, 1.165) is 0 Å². The van der Waals surface area contributed by atoms with E-state index in [9.17, 15) is 24.3 Å². The molecule has 0 saturated carbocycles. The Morgan fingerprint density at radius 2 is 1.89 bits per heavy atom. The standard InChI is InChI=1S/C33H44BrN3O7/c1-7-9-15-24(39)35(6)21(5)27(22-13-11-10-12-14-22)43-32(42)25-26-30(40)37(17-18-38)29(31(41)36(16-8-2)20(3)4)33(26)19-23(34)28(25)44-33/h7-8,10-14,20-21,23,25-29,38H,1-2,9,15-19H2,3-6H3/t21-,23?,25+,26-,27+,28+,29+,33-/m0/s1. The zero-order valence-electron chi connectivity index (χ0n) is 25.9. The highest BCUT2D eigenvalue weighted by Gasteiger charge is 2.77. The minimum Gasteiger partial charge on any atom is -0.455 e. The Labute approximate surface area is 268 Å². The molecule has 3 aliphatic rings. The molecule has 0 aromatic heterocycles. The van der Waals surface area contributed by atoms with Crippen molar-refractivity contribution in [1.29, 1.82) is 0 Å². The second-order valence-electron chi connectivity index (χ2n) is 12.1. The van der Waals surface area contributed by atoms with Gasteiger partial charge < -0.3 is 29.3 Å². The number of amides is 3. The van der Waals surface area contributed by atoms with Gasteiger partial charge in [-0.05, 0) is 39.2 Å². The Kier molecular flexibility index (Phi) is 10.7. The summed E-state index contributed by atoms with van der Waals surface area (Å²) in [6.45, 7) is 12.9. The molecule has 0 aliphatic carbocycles. The highest BCUT2D eigenvalue weighted by molar-refractivity contribution is 9.09. The number of aliphatic hydroxyl groups is 1. The van der Waals surface area contributed by atoms with Crippen LogP contribution in [0.4, 0.5) is 0 Å². The average molecular weight is 675 g/mol. The average Bonchev–Trinajstić information content (AvgIpc) is 3.60. The lowest BCUT2D eigenvalue weighted by Gasteiger charge is -2.38. The molecule has 44 heavy (non-hydrogen) atoms. The molecule has 3 heterocycles. The number of carbonyl (C=O) groups is 4. The fraction of sp³-hybridized carbons (Fsp3) is 0.576. The number of nitrogens with zero attached hydrogens (tertiary/aromatic N) is 3. The van der Waals surface area contributed by atoms with Gasteiger partial charge >= 0.3 is 5.97 Å². The van der Waals surface area contributed by atoms with Crippen molar-refractivity contribution < 1.29 is 33.8 Å². The summed E-state index contributed by atoms with van der Waals surface area (Å²) in [5.41, 5.74) is -0.568. The Morgan fingerprint density at radius 1 is 1.20 bits per heavy atom. The maximum atomic E-state index is 14.2. The van der Waals surface area contributed by atoms with Crippen LogP contribution in [0.5, 0.6) is 0 Å². The van der Waals surface area contributed by atoms with Crippen LogP contribution in [0, 0.1) is 11.8 Å². The number of alkyl halides is 1. The fourth-order valence-electron chi connectivity index (χ4n) is 7.00. The zero-order chi connectivity index (χ0) is 32.3. The lowest BCUT2D eigenvalue weighted by molar-refractivity contribution is -0.164. The van der Waals surface area contributed by atoms with Crippen LogP contribution in [0.15, 0.2) is 55.6 Å². The summed E-state index contributed by atoms with van der Waals surface area (Å²) < 4.78 is 12.8. The molecule has 3 amide bonds. The number of ether oxygens (including phenoxy) is 2. The van der Waals surface area contributed by atoms with Gasteiger partial charge in [-0.25, -0.2) is 0 Å². The second-order valence-corrected chi connectivity index (χ2v) is 13.3. The number of hydrogen-bond acceptors (Lipinski definition) is 7. The Balaban J connectivity index is 1.70. The molecule has 3 fully saturated rings. The van der Waals surface area contributed by atoms with Crippen LogP contribution in [-0.4, -0.2) is 105 Å². The van der Waals surface area contributed by atoms with Crippen LogP contribution in [0.1, 0.15) is 51.7 Å². The highest BCUT2D eigenvalue weighted by atomic mass is 79.9. The van der Waals surface area contributed by atoms with Crippen LogP contribution >= 0.6 is 15.9 Å². The van der Waals surface area contributed by atoms with Gasteiger partial charge in [0.15, 0.2) is 0 Å². The topological polar surface area (TPSA) is 117 Å². The Hall–Kier alpha value is -3.02. The normalized spacial score (nSPS) is 28.4. The van der Waals surface area contributed by atoms with Crippen molar-refractivity contribution in [2.45, 2.75) is 80.8 Å². The van der Waals surface area contributed by atoms with Gasteiger partial charge in [-0.2, -0.15) is 0 Å². The van der Waals surface area contributed by atoms with Gasteiger partial charge in [0, 0.05) is 37.4 Å². The van der Waals surface area contributed by atoms with Crippen molar-refractivity contribution in [3.05, 3.63) is 61.2 Å². The van der Waals surface area contributed by atoms with E-state index in [2.05, 4.69) is 29.1 Å². The number of benzene rings is 1. The molecule has 3 saturated heterocycles. The number of likely N-dealkylation sites (tertiary alicyclic amines) is 1. The second kappa shape index (κ2) is 14.0. The first kappa shape index (κ1) is 33.9. The summed E-state index contributed by atoms with van der Waals surface area (Å²) in [5.74, 6) is -3.43. The molecule has 1 aromatic carbocycles. The molecule has 1 aromatic rings. The number of fused-ring (bicyclic) bond motifs is 1. The molecule has 1 N–H and O–H groups in total. The van der Waals surface area contributed by atoms with Gasteiger partial charge in [0.2, 0.25) is 17.7 Å². The van der Waals surface area contributed by atoms with Gasteiger partial charge in [-0.1, -0.05) is 58.4 Å². The molecule has 3 aliphatic heterocycles. The predicted molar refractivity (Wildman–Crippen MR) is 168 cm³/mol. The third kappa shape index (κ3) is 5.98. The molecule has 4 rings (SSSR count). The van der Waals surface area contributed by atoms with E-state index in [1.54, 1.807) is 29.0 Å². The van der Waals surface area contributed by atoms with E-state index in [1.807, 2.05) is 51.1 Å². The number of allylic oxidation sites excluding steroid dienone is 1. The van der Waals surface area contributed by atoms with Crippen LogP contribution in [0.2, 0.25) is 0 Å². The summed E-state index contributed by atoms with van der Waals surface area (Å²) in [4.78, 5) is 59.6. The van der Waals surface area contributed by atoms with Crippen molar-refractivity contribution in [3.8, 4) is 0 Å². The largest absolute Gasteiger partial charge is 0.455 e. The molecule has 0 radical (unpaired) electrons. The quantitative estimate of drug-likeness (QED) is 0.183. The summed E-state index contributed by atoms with van der Waals surface area (Å²) >= 11 is 3.68. The molecule has 240 valence electrons. The molecule has 1 unspecified atom stereocenters. The first-order valence-electron chi connectivity index (χ1n) is 15.2. The van der Waals surface area contributed by atoms with E-state index < -0.39 is 53.6 Å². The summed E-state index contributed by atoms with van der Waals surface area (Å²) in [6.07, 6.45) is 2.93. The van der Waals surface area contributed by atoms with E-state index >= 15 is 0 Å². The van der Waals surface area contributed by atoms with Crippen molar-refractivity contribution in [3.63, 3.8) is 0 Å². The fourth-order valence-corrected chi connectivity index (χ4v) is 7.94. The van der Waals surface area contributed by atoms with Crippen LogP contribution in [0.3, 0.4) is 0 Å². The summed E-state index contributed by atoms with van der Waals surface area (Å²) in [7, 11) is 1.68. The lowest BCUT2D eigenvalue weighted by Crippen LogP contribution is -2.58. The number of β-amino-alcohol motifs (C(OH)–C–C–N with tert-alkyl or cyclic N) is 1. The molecular formula is C33H44BrN3O7. The molecule has 1 spiro atoms.